The minimum Gasteiger partial charge on any atom is -0.335 e. The van der Waals surface area contributed by atoms with Crippen LogP contribution in [0.25, 0.3) is 0 Å². The van der Waals surface area contributed by atoms with E-state index in [2.05, 4.69) is 18.4 Å². The van der Waals surface area contributed by atoms with Crippen LogP contribution in [0.1, 0.15) is 12.5 Å². The molecule has 0 aliphatic carbocycles. The fourth-order valence-electron chi connectivity index (χ4n) is 2.08. The summed E-state index contributed by atoms with van der Waals surface area (Å²) in [5, 5.41) is 0. The van der Waals surface area contributed by atoms with Gasteiger partial charge in [0.2, 0.25) is 0 Å². The number of halogens is 1. The normalized spacial score (nSPS) is 21.4. The predicted molar refractivity (Wildman–Crippen MR) is 64.9 cm³/mol. The molecule has 0 radical (unpaired) electrons. The van der Waals surface area contributed by atoms with Crippen molar-refractivity contribution in [2.45, 2.75) is 19.4 Å². The van der Waals surface area contributed by atoms with Gasteiger partial charge >= 0.3 is 0 Å². The molecule has 0 amide bonds. The van der Waals surface area contributed by atoms with E-state index in [1.54, 1.807) is 12.3 Å². The van der Waals surface area contributed by atoms with Gasteiger partial charge in [0.1, 0.15) is 5.82 Å². The quantitative estimate of drug-likeness (QED) is 0.718. The molecule has 0 fully saturated rings. The molecule has 0 saturated heterocycles. The highest BCUT2D eigenvalue weighted by Gasteiger charge is 2.23. The van der Waals surface area contributed by atoms with Crippen molar-refractivity contribution in [2.24, 2.45) is 0 Å². The molecule has 0 saturated carbocycles. The number of nitrogens with zero attached hydrogens (tertiary/aromatic N) is 2. The highest BCUT2D eigenvalue weighted by Crippen LogP contribution is 2.28. The molecule has 0 aromatic heterocycles. The monoisotopic (exact) mass is 220 g/mol. The standard InChI is InChI=1S/C13H17FN2/c1-4-16-9-15(3)10(2)8-11-12(14)6-5-7-13(11)16/h4-7,10H,1,8-9H2,2-3H3. The average Bonchev–Trinajstić information content (AvgIpc) is 2.39. The van der Waals surface area contributed by atoms with Crippen LogP contribution in [0.15, 0.2) is 31.0 Å². The van der Waals surface area contributed by atoms with Crippen LogP contribution >= 0.6 is 0 Å². The fourth-order valence-corrected chi connectivity index (χ4v) is 2.08. The summed E-state index contributed by atoms with van der Waals surface area (Å²) in [5.74, 6) is -0.119. The van der Waals surface area contributed by atoms with Gasteiger partial charge in [0.15, 0.2) is 0 Å². The Hall–Kier alpha value is -1.35. The third kappa shape index (κ3) is 1.83. The van der Waals surface area contributed by atoms with E-state index in [-0.39, 0.29) is 5.82 Å². The van der Waals surface area contributed by atoms with E-state index in [1.807, 2.05) is 18.0 Å². The van der Waals surface area contributed by atoms with Gasteiger partial charge in [-0.3, -0.25) is 4.90 Å². The zero-order valence-electron chi connectivity index (χ0n) is 9.78. The van der Waals surface area contributed by atoms with Crippen molar-refractivity contribution >= 4 is 5.69 Å². The minimum absolute atomic E-state index is 0.119. The summed E-state index contributed by atoms with van der Waals surface area (Å²) in [7, 11) is 2.05. The molecule has 0 N–H and O–H groups in total. The lowest BCUT2D eigenvalue weighted by Gasteiger charge is -2.26. The molecule has 1 aliphatic rings. The van der Waals surface area contributed by atoms with Gasteiger partial charge in [0, 0.05) is 17.3 Å². The number of rotatable bonds is 1. The van der Waals surface area contributed by atoms with Crippen LogP contribution in [-0.2, 0) is 6.42 Å². The molecule has 86 valence electrons. The molecule has 1 unspecified atom stereocenters. The van der Waals surface area contributed by atoms with Crippen molar-refractivity contribution in [3.8, 4) is 0 Å². The van der Waals surface area contributed by atoms with Crippen LogP contribution in [0.5, 0.6) is 0 Å². The van der Waals surface area contributed by atoms with Crippen LogP contribution in [0.4, 0.5) is 10.1 Å². The van der Waals surface area contributed by atoms with Crippen LogP contribution in [0.2, 0.25) is 0 Å². The summed E-state index contributed by atoms with van der Waals surface area (Å²) < 4.78 is 13.8. The summed E-state index contributed by atoms with van der Waals surface area (Å²) in [6.07, 6.45) is 2.50. The van der Waals surface area contributed by atoms with Crippen molar-refractivity contribution in [3.63, 3.8) is 0 Å². The van der Waals surface area contributed by atoms with Gasteiger partial charge in [0.05, 0.1) is 6.67 Å². The third-order valence-electron chi connectivity index (χ3n) is 3.25. The maximum Gasteiger partial charge on any atom is 0.128 e. The van der Waals surface area contributed by atoms with E-state index < -0.39 is 0 Å². The van der Waals surface area contributed by atoms with Crippen molar-refractivity contribution < 1.29 is 4.39 Å². The summed E-state index contributed by atoms with van der Waals surface area (Å²) >= 11 is 0. The molecule has 2 rings (SSSR count). The Bertz CT molecular complexity index is 403. The average molecular weight is 220 g/mol. The first-order chi connectivity index (χ1) is 7.63. The van der Waals surface area contributed by atoms with E-state index in [4.69, 9.17) is 0 Å². The maximum atomic E-state index is 13.8. The fraction of sp³-hybridized carbons (Fsp3) is 0.385. The molecule has 1 aromatic carbocycles. The second-order valence-electron chi connectivity index (χ2n) is 4.34. The molecule has 2 nitrogen and oxygen atoms in total. The Labute approximate surface area is 96.0 Å². The van der Waals surface area contributed by atoms with E-state index >= 15 is 0 Å². The Balaban J connectivity index is 2.50. The lowest BCUT2D eigenvalue weighted by Crippen LogP contribution is -2.36. The Morgan fingerprint density at radius 3 is 2.94 bits per heavy atom. The van der Waals surface area contributed by atoms with Gasteiger partial charge in [-0.2, -0.15) is 0 Å². The molecule has 1 heterocycles. The van der Waals surface area contributed by atoms with Crippen molar-refractivity contribution in [3.05, 3.63) is 42.4 Å². The summed E-state index contributed by atoms with van der Waals surface area (Å²) in [4.78, 5) is 4.18. The number of fused-ring (bicyclic) bond motifs is 1. The van der Waals surface area contributed by atoms with Gasteiger partial charge in [-0.15, -0.1) is 0 Å². The van der Waals surface area contributed by atoms with Crippen LogP contribution < -0.4 is 4.90 Å². The van der Waals surface area contributed by atoms with Gasteiger partial charge in [-0.25, -0.2) is 4.39 Å². The lowest BCUT2D eigenvalue weighted by atomic mass is 10.0. The highest BCUT2D eigenvalue weighted by molar-refractivity contribution is 5.57. The van der Waals surface area contributed by atoms with Crippen LogP contribution in [0, 0.1) is 5.82 Å². The van der Waals surface area contributed by atoms with Gasteiger partial charge in [-0.1, -0.05) is 12.6 Å². The first-order valence-corrected chi connectivity index (χ1v) is 5.50. The minimum atomic E-state index is -0.119. The smallest absolute Gasteiger partial charge is 0.128 e. The predicted octanol–water partition coefficient (Wildman–Crippen LogP) is 2.61. The van der Waals surface area contributed by atoms with Crippen molar-refractivity contribution in [2.75, 3.05) is 18.6 Å². The molecule has 1 atom stereocenters. The zero-order valence-corrected chi connectivity index (χ0v) is 9.78. The molecule has 0 spiro atoms. The van der Waals surface area contributed by atoms with Crippen LogP contribution in [0.3, 0.4) is 0 Å². The number of hydrogen-bond acceptors (Lipinski definition) is 2. The second-order valence-corrected chi connectivity index (χ2v) is 4.34. The summed E-state index contributed by atoms with van der Waals surface area (Å²) in [6, 6.07) is 5.56. The first kappa shape index (κ1) is 11.1. The molecule has 1 aliphatic heterocycles. The van der Waals surface area contributed by atoms with E-state index in [1.165, 1.54) is 6.07 Å². The number of anilines is 1. The Morgan fingerprint density at radius 2 is 2.25 bits per heavy atom. The first-order valence-electron chi connectivity index (χ1n) is 5.50. The topological polar surface area (TPSA) is 6.48 Å². The Kier molecular flexibility index (Phi) is 2.97. The van der Waals surface area contributed by atoms with Crippen molar-refractivity contribution in [1.82, 2.24) is 4.90 Å². The van der Waals surface area contributed by atoms with Gasteiger partial charge in [0.25, 0.3) is 0 Å². The molecular formula is C13H17FN2. The number of benzene rings is 1. The molecule has 0 bridgehead atoms. The SMILES string of the molecule is C=CN1CN(C)C(C)Cc2c(F)cccc21. The number of hydrogen-bond donors (Lipinski definition) is 0. The lowest BCUT2D eigenvalue weighted by molar-refractivity contribution is 0.267. The van der Waals surface area contributed by atoms with Gasteiger partial charge < -0.3 is 4.90 Å². The maximum absolute atomic E-state index is 13.8. The van der Waals surface area contributed by atoms with E-state index in [9.17, 15) is 4.39 Å². The van der Waals surface area contributed by atoms with E-state index in [0.717, 1.165) is 24.3 Å². The zero-order chi connectivity index (χ0) is 11.7. The van der Waals surface area contributed by atoms with Crippen LogP contribution in [-0.4, -0.2) is 24.7 Å². The molecule has 1 aromatic rings. The largest absolute Gasteiger partial charge is 0.335 e. The summed E-state index contributed by atoms with van der Waals surface area (Å²) in [6.45, 7) is 6.66. The molecule has 3 heteroatoms. The highest BCUT2D eigenvalue weighted by atomic mass is 19.1. The second kappa shape index (κ2) is 4.26. The van der Waals surface area contributed by atoms with E-state index in [0.29, 0.717) is 6.04 Å². The molecule has 16 heavy (non-hydrogen) atoms. The molecular weight excluding hydrogens is 203 g/mol. The Morgan fingerprint density at radius 1 is 1.50 bits per heavy atom. The number of likely N-dealkylation sites (N-methyl/N-ethyl adjacent to an activating group) is 1. The third-order valence-corrected chi connectivity index (χ3v) is 3.25. The summed E-state index contributed by atoms with van der Waals surface area (Å²) in [5.41, 5.74) is 1.73. The van der Waals surface area contributed by atoms with Gasteiger partial charge in [-0.05, 0) is 38.7 Å². The van der Waals surface area contributed by atoms with Crippen molar-refractivity contribution in [1.29, 1.82) is 0 Å².